The third-order valence-corrected chi connectivity index (χ3v) is 3.89. The van der Waals surface area contributed by atoms with Crippen molar-refractivity contribution in [3.8, 4) is 0 Å². The molecule has 25 heavy (non-hydrogen) atoms. The van der Waals surface area contributed by atoms with Crippen molar-refractivity contribution in [2.75, 3.05) is 13.2 Å². The summed E-state index contributed by atoms with van der Waals surface area (Å²) in [4.78, 5) is 30.0. The molecular weight excluding hydrogens is 324 g/mol. The van der Waals surface area contributed by atoms with Crippen LogP contribution in [0, 0.1) is 5.41 Å². The molecule has 0 fully saturated rings. The fraction of sp³-hybridized carbons (Fsp3) is 0.474. The van der Waals surface area contributed by atoms with Crippen molar-refractivity contribution < 1.29 is 29.2 Å². The lowest BCUT2D eigenvalue weighted by molar-refractivity contribution is -0.274. The molecule has 0 saturated heterocycles. The molecule has 0 amide bonds. The largest absolute Gasteiger partial charge is 0.465 e. The first-order chi connectivity index (χ1) is 11.9. The van der Waals surface area contributed by atoms with E-state index in [4.69, 9.17) is 9.47 Å². The summed E-state index contributed by atoms with van der Waals surface area (Å²) in [5, 5.41) is 9.18. The van der Waals surface area contributed by atoms with Gasteiger partial charge in [-0.15, -0.1) is 0 Å². The van der Waals surface area contributed by atoms with Crippen LogP contribution in [-0.4, -0.2) is 36.5 Å². The molecule has 6 heteroatoms. The highest BCUT2D eigenvalue weighted by atomic mass is 17.1. The third kappa shape index (κ3) is 5.41. The molecule has 1 atom stereocenters. The van der Waals surface area contributed by atoms with Gasteiger partial charge < -0.3 is 9.47 Å². The van der Waals surface area contributed by atoms with Crippen LogP contribution in [0.5, 0.6) is 0 Å². The smallest absolute Gasteiger partial charge is 0.323 e. The Morgan fingerprint density at radius 2 is 1.64 bits per heavy atom. The molecule has 1 aromatic rings. The average molecular weight is 350 g/mol. The fourth-order valence-corrected chi connectivity index (χ4v) is 2.57. The number of ether oxygens (including phenoxy) is 2. The van der Waals surface area contributed by atoms with Crippen LogP contribution in [0.4, 0.5) is 0 Å². The molecule has 1 rings (SSSR count). The quantitative estimate of drug-likeness (QED) is 0.229. The highest BCUT2D eigenvalue weighted by molar-refractivity contribution is 6.00. The monoisotopic (exact) mass is 350 g/mol. The van der Waals surface area contributed by atoms with Gasteiger partial charge in [0, 0.05) is 6.42 Å². The molecule has 1 unspecified atom stereocenters. The molecule has 138 valence electrons. The number of hydrogen-bond acceptors (Lipinski definition) is 6. The van der Waals surface area contributed by atoms with Crippen molar-refractivity contribution in [3.05, 3.63) is 48.0 Å². The SMILES string of the molecule is C=C(C)C(CC(Cc1ccccc1)(C(=O)OCC)C(=O)OCC)OO. The zero-order valence-electron chi connectivity index (χ0n) is 15.0. The van der Waals surface area contributed by atoms with Crippen molar-refractivity contribution in [2.45, 2.75) is 39.7 Å². The second-order valence-corrected chi connectivity index (χ2v) is 5.83. The van der Waals surface area contributed by atoms with Crippen molar-refractivity contribution in [2.24, 2.45) is 5.41 Å². The van der Waals surface area contributed by atoms with E-state index in [0.29, 0.717) is 5.57 Å². The topological polar surface area (TPSA) is 82.1 Å². The van der Waals surface area contributed by atoms with Gasteiger partial charge in [-0.25, -0.2) is 4.89 Å². The summed E-state index contributed by atoms with van der Waals surface area (Å²) in [5.74, 6) is -1.42. The molecule has 0 aliphatic rings. The number of carbonyl (C=O) groups is 2. The number of rotatable bonds is 10. The maximum absolute atomic E-state index is 12.8. The van der Waals surface area contributed by atoms with Crippen LogP contribution in [-0.2, 0) is 30.4 Å². The maximum atomic E-state index is 12.8. The Bertz CT molecular complexity index is 563. The first-order valence-electron chi connectivity index (χ1n) is 8.25. The normalized spacial score (nSPS) is 12.3. The van der Waals surface area contributed by atoms with Gasteiger partial charge in [0.2, 0.25) is 0 Å². The van der Waals surface area contributed by atoms with Crippen LogP contribution in [0.3, 0.4) is 0 Å². The molecule has 0 aliphatic carbocycles. The molecule has 0 aromatic heterocycles. The number of benzene rings is 1. The van der Waals surface area contributed by atoms with Gasteiger partial charge in [-0.3, -0.25) is 14.8 Å². The highest BCUT2D eigenvalue weighted by Gasteiger charge is 2.50. The predicted molar refractivity (Wildman–Crippen MR) is 92.8 cm³/mol. The second kappa shape index (κ2) is 9.96. The van der Waals surface area contributed by atoms with E-state index in [2.05, 4.69) is 11.5 Å². The summed E-state index contributed by atoms with van der Waals surface area (Å²) in [6.45, 7) is 8.94. The lowest BCUT2D eigenvalue weighted by atomic mass is 9.76. The van der Waals surface area contributed by atoms with Gasteiger partial charge in [0.25, 0.3) is 0 Å². The summed E-state index contributed by atoms with van der Waals surface area (Å²) in [7, 11) is 0. The van der Waals surface area contributed by atoms with Gasteiger partial charge in [0.1, 0.15) is 6.10 Å². The lowest BCUT2D eigenvalue weighted by Gasteiger charge is -2.31. The molecule has 0 spiro atoms. The maximum Gasteiger partial charge on any atom is 0.323 e. The van der Waals surface area contributed by atoms with Crippen LogP contribution in [0.2, 0.25) is 0 Å². The van der Waals surface area contributed by atoms with Gasteiger partial charge >= 0.3 is 11.9 Å². The summed E-state index contributed by atoms with van der Waals surface area (Å²) in [6.07, 6.45) is -0.971. The van der Waals surface area contributed by atoms with E-state index >= 15 is 0 Å². The van der Waals surface area contributed by atoms with E-state index < -0.39 is 23.5 Å². The van der Waals surface area contributed by atoms with E-state index in [0.717, 1.165) is 5.56 Å². The Hall–Kier alpha value is -2.18. The summed E-state index contributed by atoms with van der Waals surface area (Å²) in [5.41, 5.74) is -0.393. The summed E-state index contributed by atoms with van der Waals surface area (Å²) < 4.78 is 10.3. The van der Waals surface area contributed by atoms with Crippen LogP contribution >= 0.6 is 0 Å². The first-order valence-corrected chi connectivity index (χ1v) is 8.25. The number of carbonyl (C=O) groups excluding carboxylic acids is 2. The second-order valence-electron chi connectivity index (χ2n) is 5.83. The molecule has 0 saturated carbocycles. The molecular formula is C19H26O6. The van der Waals surface area contributed by atoms with Crippen molar-refractivity contribution in [1.29, 1.82) is 0 Å². The minimum atomic E-state index is -1.64. The van der Waals surface area contributed by atoms with Crippen LogP contribution < -0.4 is 0 Å². The van der Waals surface area contributed by atoms with Crippen LogP contribution in [0.15, 0.2) is 42.5 Å². The van der Waals surface area contributed by atoms with Crippen LogP contribution in [0.1, 0.15) is 32.8 Å². The van der Waals surface area contributed by atoms with E-state index in [-0.39, 0.29) is 26.1 Å². The molecule has 0 radical (unpaired) electrons. The van der Waals surface area contributed by atoms with Crippen molar-refractivity contribution >= 4 is 11.9 Å². The summed E-state index contributed by atoms with van der Waals surface area (Å²) >= 11 is 0. The Balaban J connectivity index is 3.37. The Kier molecular flexibility index (Phi) is 8.31. The van der Waals surface area contributed by atoms with Gasteiger partial charge in [-0.1, -0.05) is 36.9 Å². The lowest BCUT2D eigenvalue weighted by Crippen LogP contribution is -2.46. The minimum absolute atomic E-state index is 0.0681. The van der Waals surface area contributed by atoms with Gasteiger partial charge in [-0.05, 0) is 38.3 Å². The average Bonchev–Trinajstić information content (AvgIpc) is 2.59. The van der Waals surface area contributed by atoms with Crippen molar-refractivity contribution in [3.63, 3.8) is 0 Å². The molecule has 0 heterocycles. The van der Waals surface area contributed by atoms with E-state index in [1.165, 1.54) is 0 Å². The predicted octanol–water partition coefficient (Wildman–Crippen LogP) is 3.17. The molecule has 1 N–H and O–H groups in total. The van der Waals surface area contributed by atoms with E-state index in [1.807, 2.05) is 30.3 Å². The zero-order valence-corrected chi connectivity index (χ0v) is 15.0. The molecule has 1 aromatic carbocycles. The Morgan fingerprint density at radius 1 is 1.12 bits per heavy atom. The molecule has 6 nitrogen and oxygen atoms in total. The summed E-state index contributed by atoms with van der Waals surface area (Å²) in [6, 6.07) is 9.09. The highest BCUT2D eigenvalue weighted by Crippen LogP contribution is 2.35. The Labute approximate surface area is 148 Å². The van der Waals surface area contributed by atoms with Crippen molar-refractivity contribution in [1.82, 2.24) is 0 Å². The van der Waals surface area contributed by atoms with E-state index in [9.17, 15) is 14.8 Å². The van der Waals surface area contributed by atoms with Gasteiger partial charge in [0.15, 0.2) is 5.41 Å². The zero-order chi connectivity index (χ0) is 18.9. The van der Waals surface area contributed by atoms with E-state index in [1.54, 1.807) is 20.8 Å². The third-order valence-electron chi connectivity index (χ3n) is 3.89. The fourth-order valence-electron chi connectivity index (χ4n) is 2.57. The molecule has 0 bridgehead atoms. The number of hydrogen-bond donors (Lipinski definition) is 1. The van der Waals surface area contributed by atoms with Crippen LogP contribution in [0.25, 0.3) is 0 Å². The van der Waals surface area contributed by atoms with Gasteiger partial charge in [0.05, 0.1) is 13.2 Å². The standard InChI is InChI=1S/C19H26O6/c1-5-23-17(20)19(18(21)24-6-2,13-16(25-22)14(3)4)12-15-10-8-7-9-11-15/h7-11,16,22H,3,5-6,12-13H2,1-2,4H3. The number of esters is 2. The minimum Gasteiger partial charge on any atom is -0.465 e. The van der Waals surface area contributed by atoms with Gasteiger partial charge in [-0.2, -0.15) is 0 Å². The Morgan fingerprint density at radius 3 is 2.04 bits per heavy atom. The molecule has 0 aliphatic heterocycles. The first kappa shape index (κ1) is 20.9.